The molecule has 2 aromatic carbocycles. The summed E-state index contributed by atoms with van der Waals surface area (Å²) in [5.41, 5.74) is 6.77. The summed E-state index contributed by atoms with van der Waals surface area (Å²) in [7, 11) is 2.15. The number of aromatic nitrogens is 1. The molecule has 0 saturated heterocycles. The molecule has 0 aliphatic carbocycles. The van der Waals surface area contributed by atoms with E-state index in [1.54, 1.807) is 0 Å². The van der Waals surface area contributed by atoms with E-state index in [0.29, 0.717) is 11.8 Å². The van der Waals surface area contributed by atoms with E-state index in [9.17, 15) is 0 Å². The topological polar surface area (TPSA) is 3.88 Å². The van der Waals surface area contributed by atoms with Gasteiger partial charge in [-0.1, -0.05) is 58.0 Å². The lowest BCUT2D eigenvalue weighted by molar-refractivity contribution is -0.659. The number of hydrogen-bond donors (Lipinski definition) is 0. The molecule has 0 amide bonds. The summed E-state index contributed by atoms with van der Waals surface area (Å²) in [6.07, 6.45) is 2.30. The van der Waals surface area contributed by atoms with Crippen molar-refractivity contribution in [3.63, 3.8) is 0 Å². The highest BCUT2D eigenvalue weighted by Gasteiger charge is 2.17. The Labute approximate surface area is 146 Å². The quantitative estimate of drug-likeness (QED) is 0.530. The maximum atomic E-state index is 2.39. The molecule has 1 aromatic heterocycles. The fourth-order valence-electron chi connectivity index (χ4n) is 3.44. The molecule has 0 radical (unpaired) electrons. The summed E-state index contributed by atoms with van der Waals surface area (Å²) < 4.78 is 2.27. The van der Waals surface area contributed by atoms with Crippen molar-refractivity contribution in [3.05, 3.63) is 65.4 Å². The first kappa shape index (κ1) is 16.7. The molecular formula is C23H28N+. The van der Waals surface area contributed by atoms with E-state index in [1.165, 1.54) is 38.7 Å². The van der Waals surface area contributed by atoms with Crippen LogP contribution in [0.15, 0.2) is 48.7 Å². The summed E-state index contributed by atoms with van der Waals surface area (Å²) in [5, 5.41) is 2.72. The molecule has 0 spiro atoms. The third-order valence-electron chi connectivity index (χ3n) is 4.97. The molecule has 0 aliphatic heterocycles. The molecule has 24 heavy (non-hydrogen) atoms. The molecule has 1 heterocycles. The second-order valence-corrected chi connectivity index (χ2v) is 7.51. The van der Waals surface area contributed by atoms with Crippen LogP contribution < -0.4 is 4.57 Å². The predicted octanol–water partition coefficient (Wildman–Crippen LogP) is 5.89. The number of pyridine rings is 1. The molecule has 124 valence electrons. The molecule has 0 aliphatic rings. The van der Waals surface area contributed by atoms with Crippen LogP contribution in [0.1, 0.15) is 56.2 Å². The van der Waals surface area contributed by atoms with Gasteiger partial charge in [0.1, 0.15) is 7.05 Å². The number of hydrogen-bond acceptors (Lipinski definition) is 0. The molecular weight excluding hydrogens is 290 g/mol. The Bertz CT molecular complexity index is 888. The number of fused-ring (bicyclic) bond motifs is 1. The lowest BCUT2D eigenvalue weighted by Gasteiger charge is -2.15. The van der Waals surface area contributed by atoms with Crippen LogP contribution in [0.3, 0.4) is 0 Å². The van der Waals surface area contributed by atoms with Crippen molar-refractivity contribution >= 4 is 10.8 Å². The zero-order valence-corrected chi connectivity index (χ0v) is 15.7. The zero-order valence-electron chi connectivity index (χ0n) is 15.7. The SMILES string of the molecule is Cc1ccccc1-c1cc2cc(C(C)C)cc(C(C)C)c2c[n+]1C. The molecule has 0 saturated carbocycles. The average molecular weight is 318 g/mol. The van der Waals surface area contributed by atoms with Crippen molar-refractivity contribution < 1.29 is 4.57 Å². The van der Waals surface area contributed by atoms with Crippen LogP contribution >= 0.6 is 0 Å². The van der Waals surface area contributed by atoms with Gasteiger partial charge < -0.3 is 0 Å². The number of benzene rings is 2. The van der Waals surface area contributed by atoms with E-state index in [2.05, 4.69) is 94.9 Å². The van der Waals surface area contributed by atoms with Gasteiger partial charge in [0.15, 0.2) is 6.20 Å². The molecule has 0 bridgehead atoms. The second kappa shape index (κ2) is 6.39. The molecule has 1 heteroatoms. The lowest BCUT2D eigenvalue weighted by atomic mass is 9.90. The highest BCUT2D eigenvalue weighted by atomic mass is 14.9. The minimum absolute atomic E-state index is 0.524. The molecule has 0 N–H and O–H groups in total. The second-order valence-electron chi connectivity index (χ2n) is 7.51. The van der Waals surface area contributed by atoms with Crippen LogP contribution in [0.5, 0.6) is 0 Å². The van der Waals surface area contributed by atoms with Gasteiger partial charge in [-0.15, -0.1) is 0 Å². The summed E-state index contributed by atoms with van der Waals surface area (Å²) in [5.74, 6) is 1.07. The van der Waals surface area contributed by atoms with Crippen LogP contribution in [0.2, 0.25) is 0 Å². The Balaban J connectivity index is 2.32. The van der Waals surface area contributed by atoms with Crippen LogP contribution in [-0.4, -0.2) is 0 Å². The van der Waals surface area contributed by atoms with Crippen LogP contribution in [0.25, 0.3) is 22.0 Å². The molecule has 0 fully saturated rings. The Morgan fingerprint density at radius 3 is 2.21 bits per heavy atom. The van der Waals surface area contributed by atoms with Gasteiger partial charge in [0.2, 0.25) is 5.69 Å². The largest absolute Gasteiger partial charge is 0.213 e. The lowest BCUT2D eigenvalue weighted by Crippen LogP contribution is -2.30. The maximum Gasteiger partial charge on any atom is 0.213 e. The Morgan fingerprint density at radius 2 is 1.58 bits per heavy atom. The van der Waals surface area contributed by atoms with Gasteiger partial charge in [-0.05, 0) is 46.9 Å². The fraction of sp³-hybridized carbons (Fsp3) is 0.348. The third-order valence-corrected chi connectivity index (χ3v) is 4.97. The van der Waals surface area contributed by atoms with Gasteiger partial charge in [-0.2, -0.15) is 0 Å². The zero-order chi connectivity index (χ0) is 17.4. The Hall–Kier alpha value is -2.15. The Kier molecular flexibility index (Phi) is 4.45. The smallest absolute Gasteiger partial charge is 0.200 e. The van der Waals surface area contributed by atoms with Crippen molar-refractivity contribution in [1.29, 1.82) is 0 Å². The first-order valence-electron chi connectivity index (χ1n) is 8.91. The van der Waals surface area contributed by atoms with Crippen LogP contribution in [0.4, 0.5) is 0 Å². The minimum atomic E-state index is 0.524. The first-order valence-corrected chi connectivity index (χ1v) is 8.91. The molecule has 1 nitrogen and oxygen atoms in total. The number of aryl methyl sites for hydroxylation is 2. The minimum Gasteiger partial charge on any atom is -0.200 e. The molecule has 0 unspecified atom stereocenters. The first-order chi connectivity index (χ1) is 11.4. The fourth-order valence-corrected chi connectivity index (χ4v) is 3.44. The van der Waals surface area contributed by atoms with Crippen molar-refractivity contribution in [2.24, 2.45) is 7.05 Å². The number of nitrogens with zero attached hydrogens (tertiary/aromatic N) is 1. The molecule has 3 rings (SSSR count). The van der Waals surface area contributed by atoms with Crippen molar-refractivity contribution in [3.8, 4) is 11.3 Å². The van der Waals surface area contributed by atoms with E-state index >= 15 is 0 Å². The Morgan fingerprint density at radius 1 is 0.875 bits per heavy atom. The predicted molar refractivity (Wildman–Crippen MR) is 103 cm³/mol. The summed E-state index contributed by atoms with van der Waals surface area (Å²) in [6.45, 7) is 11.3. The van der Waals surface area contributed by atoms with Gasteiger partial charge in [0.05, 0.1) is 0 Å². The van der Waals surface area contributed by atoms with Crippen molar-refractivity contribution in [1.82, 2.24) is 0 Å². The van der Waals surface area contributed by atoms with Crippen LogP contribution in [0, 0.1) is 6.92 Å². The monoisotopic (exact) mass is 318 g/mol. The molecule has 3 aromatic rings. The average Bonchev–Trinajstić information content (AvgIpc) is 2.53. The summed E-state index contributed by atoms with van der Waals surface area (Å²) in [6, 6.07) is 15.7. The maximum absolute atomic E-state index is 2.39. The van der Waals surface area contributed by atoms with Crippen LogP contribution in [-0.2, 0) is 7.05 Å². The van der Waals surface area contributed by atoms with Gasteiger partial charge in [0.25, 0.3) is 0 Å². The van der Waals surface area contributed by atoms with E-state index in [4.69, 9.17) is 0 Å². The van der Waals surface area contributed by atoms with Gasteiger partial charge in [0, 0.05) is 17.0 Å². The van der Waals surface area contributed by atoms with Gasteiger partial charge in [-0.3, -0.25) is 0 Å². The molecule has 0 atom stereocenters. The third kappa shape index (κ3) is 2.96. The highest BCUT2D eigenvalue weighted by molar-refractivity contribution is 5.88. The summed E-state index contributed by atoms with van der Waals surface area (Å²) >= 11 is 0. The van der Waals surface area contributed by atoms with Gasteiger partial charge in [-0.25, -0.2) is 4.57 Å². The number of rotatable bonds is 3. The van der Waals surface area contributed by atoms with Crippen molar-refractivity contribution in [2.45, 2.75) is 46.5 Å². The van der Waals surface area contributed by atoms with E-state index < -0.39 is 0 Å². The van der Waals surface area contributed by atoms with E-state index in [1.807, 2.05) is 0 Å². The van der Waals surface area contributed by atoms with E-state index in [0.717, 1.165) is 0 Å². The standard InChI is InChI=1S/C23H28N/c1-15(2)18-11-19-13-23(20-10-8-7-9-17(20)5)24(6)14-22(19)21(12-18)16(3)4/h7-16H,1-6H3/q+1. The van der Waals surface area contributed by atoms with Crippen molar-refractivity contribution in [2.75, 3.05) is 0 Å². The van der Waals surface area contributed by atoms with E-state index in [-0.39, 0.29) is 0 Å². The van der Waals surface area contributed by atoms with Gasteiger partial charge >= 0.3 is 0 Å². The summed E-state index contributed by atoms with van der Waals surface area (Å²) in [4.78, 5) is 0. The normalized spacial score (nSPS) is 11.7. The highest BCUT2D eigenvalue weighted by Crippen LogP contribution is 2.31.